The van der Waals surface area contributed by atoms with Gasteiger partial charge in [0.15, 0.2) is 0 Å². The van der Waals surface area contributed by atoms with Crippen LogP contribution in [0.3, 0.4) is 0 Å². The first kappa shape index (κ1) is 17.2. The first-order valence-electron chi connectivity index (χ1n) is 7.32. The Labute approximate surface area is 150 Å². The molecule has 2 heterocycles. The zero-order chi connectivity index (χ0) is 17.9. The van der Waals surface area contributed by atoms with Crippen LogP contribution in [0, 0.1) is 0 Å². The van der Waals surface area contributed by atoms with Crippen molar-refractivity contribution in [2.24, 2.45) is 0 Å². The summed E-state index contributed by atoms with van der Waals surface area (Å²) < 4.78 is 26.0. The van der Waals surface area contributed by atoms with Crippen molar-refractivity contribution < 1.29 is 13.2 Å². The fraction of sp³-hybridized carbons (Fsp3) is 0.0588. The molecular formula is C17H14ClN3O3S. The first-order chi connectivity index (χ1) is 11.9. The lowest BCUT2D eigenvalue weighted by Crippen LogP contribution is -2.14. The van der Waals surface area contributed by atoms with Crippen molar-refractivity contribution >= 4 is 33.2 Å². The molecule has 0 atom stereocenters. The summed E-state index contributed by atoms with van der Waals surface area (Å²) in [6, 6.07) is 13.2. The number of rotatable bonds is 5. The van der Waals surface area contributed by atoms with E-state index in [1.54, 1.807) is 42.5 Å². The molecule has 0 radical (unpaired) electrons. The van der Waals surface area contributed by atoms with Gasteiger partial charge in [0.05, 0.1) is 11.4 Å². The smallest absolute Gasteiger partial charge is 0.274 e. The number of carbonyl (C=O) groups excluding carboxylic acids is 1. The summed E-state index contributed by atoms with van der Waals surface area (Å²) in [4.78, 5) is 16.0. The highest BCUT2D eigenvalue weighted by molar-refractivity contribution is 7.89. The normalized spacial score (nSPS) is 11.2. The van der Waals surface area contributed by atoms with Gasteiger partial charge in [-0.2, -0.15) is 0 Å². The van der Waals surface area contributed by atoms with Crippen LogP contribution in [0.2, 0.25) is 5.02 Å². The van der Waals surface area contributed by atoms with E-state index in [0.29, 0.717) is 16.3 Å². The molecule has 0 unspecified atom stereocenters. The molecule has 0 aliphatic heterocycles. The van der Waals surface area contributed by atoms with E-state index in [1.807, 2.05) is 0 Å². The number of nitrogens with one attached hydrogen (secondary N) is 1. The van der Waals surface area contributed by atoms with E-state index < -0.39 is 15.9 Å². The van der Waals surface area contributed by atoms with Gasteiger partial charge in [0.2, 0.25) is 10.0 Å². The molecule has 0 aliphatic rings. The van der Waals surface area contributed by atoms with Gasteiger partial charge in [0, 0.05) is 23.6 Å². The molecule has 0 fully saturated rings. The number of pyridine rings is 1. The number of hydrogen-bond donors (Lipinski definition) is 1. The lowest BCUT2D eigenvalue weighted by atomic mass is 10.2. The SMILES string of the molecule is O=C(Nc1ccn(S(=O)(=O)Cc2cccc(Cl)c2)c1)c1ccccn1. The van der Waals surface area contributed by atoms with E-state index in [1.165, 1.54) is 24.7 Å². The molecule has 0 saturated heterocycles. The topological polar surface area (TPSA) is 81.1 Å². The molecule has 2 aromatic heterocycles. The number of hydrogen-bond acceptors (Lipinski definition) is 4. The van der Waals surface area contributed by atoms with Crippen LogP contribution in [0.1, 0.15) is 16.1 Å². The maximum Gasteiger partial charge on any atom is 0.274 e. The Bertz CT molecular complexity index is 1000. The fourth-order valence-electron chi connectivity index (χ4n) is 2.23. The van der Waals surface area contributed by atoms with Gasteiger partial charge in [-0.15, -0.1) is 0 Å². The van der Waals surface area contributed by atoms with E-state index >= 15 is 0 Å². The third-order valence-electron chi connectivity index (χ3n) is 3.38. The Balaban J connectivity index is 1.75. The largest absolute Gasteiger partial charge is 0.319 e. The van der Waals surface area contributed by atoms with Crippen LogP contribution in [0.25, 0.3) is 0 Å². The summed E-state index contributed by atoms with van der Waals surface area (Å²) in [6.07, 6.45) is 4.24. The van der Waals surface area contributed by atoms with Gasteiger partial charge in [-0.1, -0.05) is 29.8 Å². The van der Waals surface area contributed by atoms with E-state index in [4.69, 9.17) is 11.6 Å². The average Bonchev–Trinajstić information content (AvgIpc) is 3.05. The summed E-state index contributed by atoms with van der Waals surface area (Å²) >= 11 is 5.88. The van der Waals surface area contributed by atoms with Crippen molar-refractivity contribution in [1.29, 1.82) is 0 Å². The van der Waals surface area contributed by atoms with E-state index in [2.05, 4.69) is 10.3 Å². The number of halogens is 1. The Hall–Kier alpha value is -2.64. The van der Waals surface area contributed by atoms with Crippen LogP contribution in [0.5, 0.6) is 0 Å². The van der Waals surface area contributed by atoms with Crippen molar-refractivity contribution in [3.8, 4) is 0 Å². The van der Waals surface area contributed by atoms with E-state index in [-0.39, 0.29) is 11.4 Å². The molecule has 128 valence electrons. The lowest BCUT2D eigenvalue weighted by Gasteiger charge is -2.06. The van der Waals surface area contributed by atoms with Crippen molar-refractivity contribution in [1.82, 2.24) is 8.96 Å². The van der Waals surface area contributed by atoms with Gasteiger partial charge in [0.1, 0.15) is 5.69 Å². The molecule has 1 amide bonds. The van der Waals surface area contributed by atoms with E-state index in [0.717, 1.165) is 3.97 Å². The molecule has 3 aromatic rings. The molecular weight excluding hydrogens is 362 g/mol. The minimum absolute atomic E-state index is 0.199. The fourth-order valence-corrected chi connectivity index (χ4v) is 3.71. The van der Waals surface area contributed by atoms with Gasteiger partial charge in [-0.3, -0.25) is 13.8 Å². The van der Waals surface area contributed by atoms with Crippen LogP contribution in [0.4, 0.5) is 5.69 Å². The predicted molar refractivity (Wildman–Crippen MR) is 96.1 cm³/mol. The van der Waals surface area contributed by atoms with Gasteiger partial charge in [0.25, 0.3) is 5.91 Å². The highest BCUT2D eigenvalue weighted by Gasteiger charge is 2.16. The van der Waals surface area contributed by atoms with Gasteiger partial charge < -0.3 is 5.32 Å². The molecule has 1 N–H and O–H groups in total. The molecule has 3 rings (SSSR count). The third kappa shape index (κ3) is 4.26. The Morgan fingerprint density at radius 3 is 2.72 bits per heavy atom. The van der Waals surface area contributed by atoms with Gasteiger partial charge in [-0.25, -0.2) is 8.42 Å². The number of benzene rings is 1. The van der Waals surface area contributed by atoms with Gasteiger partial charge in [-0.05, 0) is 35.9 Å². The van der Waals surface area contributed by atoms with Crippen molar-refractivity contribution in [2.75, 3.05) is 5.32 Å². The summed E-state index contributed by atoms with van der Waals surface area (Å²) in [5, 5.41) is 3.09. The Morgan fingerprint density at radius 2 is 2.00 bits per heavy atom. The second-order valence-corrected chi connectivity index (χ2v) is 7.60. The van der Waals surface area contributed by atoms with Crippen LogP contribution in [0.15, 0.2) is 67.1 Å². The lowest BCUT2D eigenvalue weighted by molar-refractivity contribution is 0.102. The van der Waals surface area contributed by atoms with Crippen molar-refractivity contribution in [3.05, 3.63) is 83.4 Å². The molecule has 8 heteroatoms. The monoisotopic (exact) mass is 375 g/mol. The maximum atomic E-state index is 12.5. The summed E-state index contributed by atoms with van der Waals surface area (Å²) in [7, 11) is -3.62. The zero-order valence-electron chi connectivity index (χ0n) is 13.0. The summed E-state index contributed by atoms with van der Waals surface area (Å²) in [6.45, 7) is 0. The number of carbonyl (C=O) groups is 1. The molecule has 0 spiro atoms. The Kier molecular flexibility index (Phi) is 4.87. The molecule has 0 aliphatic carbocycles. The van der Waals surface area contributed by atoms with Crippen LogP contribution < -0.4 is 5.32 Å². The highest BCUT2D eigenvalue weighted by Crippen LogP contribution is 2.17. The third-order valence-corrected chi connectivity index (χ3v) is 5.18. The Morgan fingerprint density at radius 1 is 1.16 bits per heavy atom. The maximum absolute atomic E-state index is 12.5. The quantitative estimate of drug-likeness (QED) is 0.742. The van der Waals surface area contributed by atoms with Crippen LogP contribution >= 0.6 is 11.6 Å². The van der Waals surface area contributed by atoms with Gasteiger partial charge >= 0.3 is 0 Å². The van der Waals surface area contributed by atoms with Crippen LogP contribution in [-0.2, 0) is 15.8 Å². The number of amides is 1. The van der Waals surface area contributed by atoms with Crippen LogP contribution in [-0.4, -0.2) is 23.3 Å². The molecule has 1 aromatic carbocycles. The van der Waals surface area contributed by atoms with Crippen molar-refractivity contribution in [3.63, 3.8) is 0 Å². The predicted octanol–water partition coefficient (Wildman–Crippen LogP) is 3.17. The summed E-state index contributed by atoms with van der Waals surface area (Å²) in [5.41, 5.74) is 1.20. The standard InChI is InChI=1S/C17H14ClN3O3S/c18-14-5-3-4-13(10-14)12-25(23,24)21-9-7-15(11-21)20-17(22)16-6-1-2-8-19-16/h1-11H,12H2,(H,20,22). The minimum atomic E-state index is -3.62. The van der Waals surface area contributed by atoms with Crippen molar-refractivity contribution in [2.45, 2.75) is 5.75 Å². The molecule has 0 bridgehead atoms. The second-order valence-electron chi connectivity index (χ2n) is 5.29. The minimum Gasteiger partial charge on any atom is -0.319 e. The average molecular weight is 376 g/mol. The first-order valence-corrected chi connectivity index (χ1v) is 9.31. The highest BCUT2D eigenvalue weighted by atomic mass is 35.5. The number of anilines is 1. The molecule has 6 nitrogen and oxygen atoms in total. The number of aromatic nitrogens is 2. The van der Waals surface area contributed by atoms with E-state index in [9.17, 15) is 13.2 Å². The molecule has 25 heavy (non-hydrogen) atoms. The number of nitrogens with zero attached hydrogens (tertiary/aromatic N) is 2. The second kappa shape index (κ2) is 7.08. The summed E-state index contributed by atoms with van der Waals surface area (Å²) in [5.74, 6) is -0.610. The zero-order valence-corrected chi connectivity index (χ0v) is 14.5. The molecule has 0 saturated carbocycles.